The zero-order chi connectivity index (χ0) is 23.3. The van der Waals surface area contributed by atoms with Crippen LogP contribution in [0.4, 0.5) is 5.69 Å². The van der Waals surface area contributed by atoms with Gasteiger partial charge in [-0.25, -0.2) is 8.42 Å². The van der Waals surface area contributed by atoms with E-state index in [-0.39, 0.29) is 17.2 Å². The van der Waals surface area contributed by atoms with Crippen LogP contribution >= 0.6 is 11.3 Å². The lowest BCUT2D eigenvalue weighted by atomic mass is 10.2. The Labute approximate surface area is 198 Å². The quantitative estimate of drug-likeness (QED) is 0.489. The molecule has 7 nitrogen and oxygen atoms in total. The van der Waals surface area contributed by atoms with Gasteiger partial charge in [-0.1, -0.05) is 18.6 Å². The minimum atomic E-state index is -3.67. The second-order valence-corrected chi connectivity index (χ2v) is 10.5. The smallest absolute Gasteiger partial charge is 0.243 e. The Balaban J connectivity index is 1.66. The van der Waals surface area contributed by atoms with E-state index in [1.807, 2.05) is 29.0 Å². The summed E-state index contributed by atoms with van der Waals surface area (Å²) in [6.07, 6.45) is 2.90. The number of ether oxygens (including phenoxy) is 2. The number of methoxy groups -OCH3 is 1. The number of anilines is 1. The standard InChI is InChI=1S/C24H26N2O5S2/c1-30-22-7-3-4-8-23(22)31-21-10-9-19(33(28,29)26-12-5-2-6-13-26)16-20(21)25-24(27)15-18-11-14-32-17-18/h3-4,7-11,14,16-17H,2,5-6,12-13,15H2,1H3,(H,25,27). The van der Waals surface area contributed by atoms with Crippen molar-refractivity contribution in [1.82, 2.24) is 4.31 Å². The largest absolute Gasteiger partial charge is 0.493 e. The predicted molar refractivity (Wildman–Crippen MR) is 129 cm³/mol. The van der Waals surface area contributed by atoms with Crippen LogP contribution in [0.3, 0.4) is 0 Å². The Morgan fingerprint density at radius 2 is 1.79 bits per heavy atom. The first-order chi connectivity index (χ1) is 16.0. The summed E-state index contributed by atoms with van der Waals surface area (Å²) in [5.74, 6) is 1.06. The molecule has 9 heteroatoms. The van der Waals surface area contributed by atoms with E-state index in [4.69, 9.17) is 9.47 Å². The van der Waals surface area contributed by atoms with Crippen LogP contribution in [0.1, 0.15) is 24.8 Å². The molecule has 0 bridgehead atoms. The van der Waals surface area contributed by atoms with Gasteiger partial charge in [-0.2, -0.15) is 15.6 Å². The lowest BCUT2D eigenvalue weighted by molar-refractivity contribution is -0.115. The lowest BCUT2D eigenvalue weighted by Crippen LogP contribution is -2.35. The van der Waals surface area contributed by atoms with Crippen LogP contribution in [0.25, 0.3) is 0 Å². The third-order valence-corrected chi connectivity index (χ3v) is 8.04. The van der Waals surface area contributed by atoms with E-state index in [9.17, 15) is 13.2 Å². The van der Waals surface area contributed by atoms with Crippen molar-refractivity contribution in [3.05, 3.63) is 64.9 Å². The van der Waals surface area contributed by atoms with Crippen molar-refractivity contribution in [3.63, 3.8) is 0 Å². The third kappa shape index (κ3) is 5.55. The number of nitrogens with zero attached hydrogens (tertiary/aromatic N) is 1. The molecule has 174 valence electrons. The molecule has 0 radical (unpaired) electrons. The third-order valence-electron chi connectivity index (χ3n) is 5.41. The first-order valence-electron chi connectivity index (χ1n) is 10.7. The van der Waals surface area contributed by atoms with Gasteiger partial charge in [0.1, 0.15) is 0 Å². The first kappa shape index (κ1) is 23.3. The molecule has 2 aromatic carbocycles. The normalized spacial score (nSPS) is 14.6. The predicted octanol–water partition coefficient (Wildman–Crippen LogP) is 4.90. The highest BCUT2D eigenvalue weighted by Gasteiger charge is 2.27. The molecule has 0 spiro atoms. The molecule has 0 saturated carbocycles. The number of thiophene rings is 1. The van der Waals surface area contributed by atoms with Gasteiger partial charge in [-0.05, 0) is 65.6 Å². The van der Waals surface area contributed by atoms with Gasteiger partial charge in [0, 0.05) is 13.1 Å². The van der Waals surface area contributed by atoms with Gasteiger partial charge in [-0.15, -0.1) is 0 Å². The summed E-state index contributed by atoms with van der Waals surface area (Å²) >= 11 is 1.52. The number of sulfonamides is 1. The van der Waals surface area contributed by atoms with Crippen LogP contribution in [0.2, 0.25) is 0 Å². The van der Waals surface area contributed by atoms with Crippen LogP contribution in [0.15, 0.2) is 64.2 Å². The molecule has 0 unspecified atom stereocenters. The van der Waals surface area contributed by atoms with Crippen molar-refractivity contribution in [2.45, 2.75) is 30.6 Å². The Kier molecular flexibility index (Phi) is 7.32. The zero-order valence-corrected chi connectivity index (χ0v) is 20.0. The van der Waals surface area contributed by atoms with Crippen LogP contribution in [-0.2, 0) is 21.2 Å². The van der Waals surface area contributed by atoms with E-state index in [0.717, 1.165) is 24.8 Å². The molecule has 1 aliphatic heterocycles. The molecule has 2 heterocycles. The van der Waals surface area contributed by atoms with E-state index in [1.165, 1.54) is 27.8 Å². The summed E-state index contributed by atoms with van der Waals surface area (Å²) in [6, 6.07) is 13.6. The summed E-state index contributed by atoms with van der Waals surface area (Å²) in [7, 11) is -2.13. The van der Waals surface area contributed by atoms with E-state index < -0.39 is 10.0 Å². The van der Waals surface area contributed by atoms with E-state index in [1.54, 1.807) is 25.3 Å². The lowest BCUT2D eigenvalue weighted by Gasteiger charge is -2.26. The molecule has 1 N–H and O–H groups in total. The van der Waals surface area contributed by atoms with Crippen molar-refractivity contribution < 1.29 is 22.7 Å². The zero-order valence-electron chi connectivity index (χ0n) is 18.3. The average Bonchev–Trinajstić information content (AvgIpc) is 3.34. The minimum absolute atomic E-state index is 0.127. The van der Waals surface area contributed by atoms with Crippen molar-refractivity contribution >= 4 is 33.0 Å². The second-order valence-electron chi connectivity index (χ2n) is 7.73. The second kappa shape index (κ2) is 10.4. The maximum absolute atomic E-state index is 13.2. The number of rotatable bonds is 8. The fourth-order valence-electron chi connectivity index (χ4n) is 3.71. The monoisotopic (exact) mass is 486 g/mol. The van der Waals surface area contributed by atoms with Crippen molar-refractivity contribution in [1.29, 1.82) is 0 Å². The molecule has 1 amide bonds. The molecular formula is C24H26N2O5S2. The van der Waals surface area contributed by atoms with Crippen LogP contribution in [0, 0.1) is 0 Å². The highest BCUT2D eigenvalue weighted by molar-refractivity contribution is 7.89. The van der Waals surface area contributed by atoms with E-state index >= 15 is 0 Å². The Hall–Kier alpha value is -2.88. The number of hydrogen-bond acceptors (Lipinski definition) is 6. The highest BCUT2D eigenvalue weighted by Crippen LogP contribution is 2.37. The van der Waals surface area contributed by atoms with Gasteiger partial charge < -0.3 is 14.8 Å². The number of carbonyl (C=O) groups excluding carboxylic acids is 1. The topological polar surface area (TPSA) is 84.9 Å². The van der Waals surface area contributed by atoms with Gasteiger partial charge in [-0.3, -0.25) is 4.79 Å². The molecule has 1 aromatic heterocycles. The fraction of sp³-hybridized carbons (Fsp3) is 0.292. The molecule has 33 heavy (non-hydrogen) atoms. The number of benzene rings is 2. The minimum Gasteiger partial charge on any atom is -0.493 e. The van der Waals surface area contributed by atoms with Gasteiger partial charge in [0.25, 0.3) is 0 Å². The maximum atomic E-state index is 13.2. The number of amides is 1. The molecule has 1 saturated heterocycles. The summed E-state index contributed by atoms with van der Waals surface area (Å²) in [5.41, 5.74) is 1.18. The van der Waals surface area contributed by atoms with Crippen molar-refractivity contribution in [2.75, 3.05) is 25.5 Å². The van der Waals surface area contributed by atoms with Gasteiger partial charge in [0.2, 0.25) is 15.9 Å². The number of piperidine rings is 1. The number of nitrogens with one attached hydrogen (secondary N) is 1. The Bertz CT molecular complexity index is 1200. The van der Waals surface area contributed by atoms with Gasteiger partial charge >= 0.3 is 0 Å². The number of para-hydroxylation sites is 2. The SMILES string of the molecule is COc1ccccc1Oc1ccc(S(=O)(=O)N2CCCCC2)cc1NC(=O)Cc1ccsc1. The van der Waals surface area contributed by atoms with Crippen LogP contribution in [-0.4, -0.2) is 38.8 Å². The Morgan fingerprint density at radius 1 is 1.03 bits per heavy atom. The molecule has 4 rings (SSSR count). The summed E-state index contributed by atoms with van der Waals surface area (Å²) in [5, 5.41) is 6.65. The van der Waals surface area contributed by atoms with Crippen molar-refractivity contribution in [3.8, 4) is 17.2 Å². The molecule has 0 atom stereocenters. The fourth-order valence-corrected chi connectivity index (χ4v) is 5.92. The van der Waals surface area contributed by atoms with Crippen LogP contribution < -0.4 is 14.8 Å². The van der Waals surface area contributed by atoms with Gasteiger partial charge in [0.15, 0.2) is 17.2 Å². The highest BCUT2D eigenvalue weighted by atomic mass is 32.2. The van der Waals surface area contributed by atoms with Crippen LogP contribution in [0.5, 0.6) is 17.2 Å². The van der Waals surface area contributed by atoms with Crippen molar-refractivity contribution in [2.24, 2.45) is 0 Å². The molecule has 1 aliphatic rings. The summed E-state index contributed by atoms with van der Waals surface area (Å²) in [6.45, 7) is 1.00. The number of hydrogen-bond donors (Lipinski definition) is 1. The van der Waals surface area contributed by atoms with E-state index in [0.29, 0.717) is 36.0 Å². The molecule has 1 fully saturated rings. The maximum Gasteiger partial charge on any atom is 0.243 e. The summed E-state index contributed by atoms with van der Waals surface area (Å²) in [4.78, 5) is 12.9. The first-order valence-corrected chi connectivity index (χ1v) is 13.1. The molecular weight excluding hydrogens is 460 g/mol. The summed E-state index contributed by atoms with van der Waals surface area (Å²) < 4.78 is 39.3. The molecule has 0 aliphatic carbocycles. The Morgan fingerprint density at radius 3 is 2.48 bits per heavy atom. The van der Waals surface area contributed by atoms with E-state index in [2.05, 4.69) is 5.32 Å². The average molecular weight is 487 g/mol. The van der Waals surface area contributed by atoms with Gasteiger partial charge in [0.05, 0.1) is 24.1 Å². The number of carbonyl (C=O) groups is 1. The molecule has 3 aromatic rings.